The Kier molecular flexibility index (Phi) is 6.93. The van der Waals surface area contributed by atoms with E-state index >= 15 is 0 Å². The lowest BCUT2D eigenvalue weighted by atomic mass is 10.0. The molecule has 4 aromatic rings. The van der Waals surface area contributed by atoms with Gasteiger partial charge in [0.2, 0.25) is 21.8 Å². The van der Waals surface area contributed by atoms with Crippen molar-refractivity contribution in [1.29, 1.82) is 0 Å². The first kappa shape index (κ1) is 26.1. The van der Waals surface area contributed by atoms with Gasteiger partial charge in [0.05, 0.1) is 14.2 Å². The highest BCUT2D eigenvalue weighted by atomic mass is 32.2. The fourth-order valence-corrected chi connectivity index (χ4v) is 4.96. The van der Waals surface area contributed by atoms with E-state index in [1.807, 2.05) is 0 Å². The number of ether oxygens (including phenoxy) is 2. The summed E-state index contributed by atoms with van der Waals surface area (Å²) < 4.78 is 47.8. The summed E-state index contributed by atoms with van der Waals surface area (Å²) in [5, 5.41) is 18.1. The predicted molar refractivity (Wildman–Crippen MR) is 135 cm³/mol. The second-order valence-corrected chi connectivity index (χ2v) is 10.6. The Bertz CT molecular complexity index is 1490. The summed E-state index contributed by atoms with van der Waals surface area (Å²) in [5.74, 6) is 1.72. The van der Waals surface area contributed by atoms with E-state index in [4.69, 9.17) is 13.9 Å². The van der Waals surface area contributed by atoms with Crippen molar-refractivity contribution in [3.05, 3.63) is 59.9 Å². The number of furan rings is 1. The van der Waals surface area contributed by atoms with Crippen LogP contribution in [0.3, 0.4) is 0 Å². The summed E-state index contributed by atoms with van der Waals surface area (Å²) in [4.78, 5) is 8.23. The number of anilines is 1. The van der Waals surface area contributed by atoms with Crippen molar-refractivity contribution >= 4 is 16.0 Å². The summed E-state index contributed by atoms with van der Waals surface area (Å²) in [6, 6.07) is 8.55. The van der Waals surface area contributed by atoms with Crippen LogP contribution in [0, 0.1) is 13.8 Å². The number of para-hydroxylation sites is 1. The van der Waals surface area contributed by atoms with Crippen molar-refractivity contribution in [3.63, 3.8) is 0 Å². The molecular weight excluding hydrogens is 500 g/mol. The Morgan fingerprint density at radius 2 is 1.68 bits per heavy atom. The molecule has 0 saturated heterocycles. The fourth-order valence-electron chi connectivity index (χ4n) is 3.68. The number of sulfonamides is 1. The van der Waals surface area contributed by atoms with Gasteiger partial charge in [-0.25, -0.2) is 18.4 Å². The first-order valence-corrected chi connectivity index (χ1v) is 12.8. The van der Waals surface area contributed by atoms with Crippen LogP contribution >= 0.6 is 0 Å². The van der Waals surface area contributed by atoms with Crippen LogP contribution in [-0.4, -0.2) is 57.7 Å². The number of aromatic nitrogens is 5. The third-order valence-corrected chi connectivity index (χ3v) is 7.83. The maximum absolute atomic E-state index is 13.5. The van der Waals surface area contributed by atoms with E-state index < -0.39 is 20.9 Å². The zero-order valence-corrected chi connectivity index (χ0v) is 22.1. The Balaban J connectivity index is 1.84. The van der Waals surface area contributed by atoms with Gasteiger partial charge in [0, 0.05) is 12.4 Å². The molecule has 0 spiro atoms. The van der Waals surface area contributed by atoms with Gasteiger partial charge in [0.15, 0.2) is 11.6 Å². The van der Waals surface area contributed by atoms with E-state index in [0.717, 1.165) is 5.56 Å². The van der Waals surface area contributed by atoms with Crippen molar-refractivity contribution < 1.29 is 27.4 Å². The van der Waals surface area contributed by atoms with E-state index in [-0.39, 0.29) is 17.6 Å². The molecule has 1 aromatic carbocycles. The number of nitrogens with one attached hydrogen (secondary N) is 1. The van der Waals surface area contributed by atoms with Gasteiger partial charge in [-0.15, -0.1) is 10.2 Å². The van der Waals surface area contributed by atoms with Crippen LogP contribution in [0.2, 0.25) is 0 Å². The molecule has 0 unspecified atom stereocenters. The largest absolute Gasteiger partial charge is 0.494 e. The van der Waals surface area contributed by atoms with Gasteiger partial charge in [-0.3, -0.25) is 9.29 Å². The normalized spacial score (nSPS) is 14.1. The number of aryl methyl sites for hydroxylation is 2. The molecule has 196 valence electrons. The van der Waals surface area contributed by atoms with E-state index in [1.54, 1.807) is 44.2 Å². The SMILES string of the molecule is COc1cccc(OC)c1-n1c(NS(=O)(=O)[C@@H](C)[C@](C)(O)c2ncc(C)cn2)nnc1-c1ccc(C)o1. The second kappa shape index (κ2) is 9.82. The topological polar surface area (TPSA) is 154 Å². The number of benzene rings is 1. The quantitative estimate of drug-likeness (QED) is 0.331. The lowest BCUT2D eigenvalue weighted by Crippen LogP contribution is -2.44. The molecule has 37 heavy (non-hydrogen) atoms. The fraction of sp³-hybridized carbons (Fsp3) is 0.333. The molecule has 4 rings (SSSR count). The smallest absolute Gasteiger partial charge is 0.243 e. The number of hydrogen-bond acceptors (Lipinski definition) is 10. The molecule has 0 amide bonds. The molecule has 2 N–H and O–H groups in total. The maximum atomic E-state index is 13.5. The van der Waals surface area contributed by atoms with Crippen LogP contribution in [-0.2, 0) is 15.6 Å². The molecule has 13 heteroatoms. The molecule has 0 fully saturated rings. The Labute approximate surface area is 214 Å². The first-order valence-electron chi connectivity index (χ1n) is 11.3. The van der Waals surface area contributed by atoms with Crippen molar-refractivity contribution in [3.8, 4) is 28.8 Å². The van der Waals surface area contributed by atoms with Crippen molar-refractivity contribution in [2.24, 2.45) is 0 Å². The highest BCUT2D eigenvalue weighted by Crippen LogP contribution is 2.38. The van der Waals surface area contributed by atoms with Gasteiger partial charge in [0.1, 0.15) is 33.8 Å². The molecule has 0 radical (unpaired) electrons. The van der Waals surface area contributed by atoms with Crippen molar-refractivity contribution in [2.75, 3.05) is 18.9 Å². The summed E-state index contributed by atoms with van der Waals surface area (Å²) in [5.41, 5.74) is -0.804. The third-order valence-electron chi connectivity index (χ3n) is 5.97. The van der Waals surface area contributed by atoms with Crippen LogP contribution < -0.4 is 14.2 Å². The number of hydrogen-bond donors (Lipinski definition) is 2. The third kappa shape index (κ3) is 4.87. The van der Waals surface area contributed by atoms with Crippen LogP contribution in [0.25, 0.3) is 17.3 Å². The molecule has 0 saturated carbocycles. The molecule has 0 aliphatic heterocycles. The Morgan fingerprint density at radius 1 is 1.05 bits per heavy atom. The van der Waals surface area contributed by atoms with Gasteiger partial charge in [-0.1, -0.05) is 6.07 Å². The van der Waals surface area contributed by atoms with E-state index in [0.29, 0.717) is 28.7 Å². The van der Waals surface area contributed by atoms with Crippen LogP contribution in [0.15, 0.2) is 47.1 Å². The Morgan fingerprint density at radius 3 is 2.22 bits per heavy atom. The summed E-state index contributed by atoms with van der Waals surface area (Å²) in [6.45, 7) is 6.25. The lowest BCUT2D eigenvalue weighted by molar-refractivity contribution is 0.0471. The Hall–Kier alpha value is -3.97. The molecule has 0 bridgehead atoms. The van der Waals surface area contributed by atoms with Crippen molar-refractivity contribution in [2.45, 2.75) is 38.5 Å². The zero-order chi connectivity index (χ0) is 27.0. The number of aliphatic hydroxyl groups is 1. The molecular formula is C24H28N6O6S. The van der Waals surface area contributed by atoms with Crippen LogP contribution in [0.1, 0.15) is 31.0 Å². The van der Waals surface area contributed by atoms with Gasteiger partial charge in [0.25, 0.3) is 0 Å². The summed E-state index contributed by atoms with van der Waals surface area (Å²) in [7, 11) is -1.33. The highest BCUT2D eigenvalue weighted by molar-refractivity contribution is 7.93. The summed E-state index contributed by atoms with van der Waals surface area (Å²) in [6.07, 6.45) is 3.01. The molecule has 2 atom stereocenters. The number of methoxy groups -OCH3 is 2. The van der Waals surface area contributed by atoms with Gasteiger partial charge in [-0.05, 0) is 57.5 Å². The molecule has 0 aliphatic carbocycles. The van der Waals surface area contributed by atoms with E-state index in [9.17, 15) is 13.5 Å². The average molecular weight is 529 g/mol. The minimum atomic E-state index is -4.28. The summed E-state index contributed by atoms with van der Waals surface area (Å²) >= 11 is 0. The molecule has 3 aromatic heterocycles. The maximum Gasteiger partial charge on any atom is 0.243 e. The monoisotopic (exact) mass is 528 g/mol. The first-order chi connectivity index (χ1) is 17.5. The van der Waals surface area contributed by atoms with E-state index in [1.165, 1.54) is 45.0 Å². The molecule has 12 nitrogen and oxygen atoms in total. The molecule has 0 aliphatic rings. The van der Waals surface area contributed by atoms with Crippen LogP contribution in [0.4, 0.5) is 5.95 Å². The minimum absolute atomic E-state index is 0.0319. The van der Waals surface area contributed by atoms with Gasteiger partial charge < -0.3 is 19.0 Å². The molecule has 3 heterocycles. The number of nitrogens with zero attached hydrogens (tertiary/aromatic N) is 5. The number of rotatable bonds is 9. The minimum Gasteiger partial charge on any atom is -0.494 e. The second-order valence-electron chi connectivity index (χ2n) is 8.62. The highest BCUT2D eigenvalue weighted by Gasteiger charge is 2.43. The predicted octanol–water partition coefficient (Wildman–Crippen LogP) is 2.99. The van der Waals surface area contributed by atoms with Crippen LogP contribution in [0.5, 0.6) is 11.5 Å². The van der Waals surface area contributed by atoms with Gasteiger partial charge >= 0.3 is 0 Å². The van der Waals surface area contributed by atoms with E-state index in [2.05, 4.69) is 24.9 Å². The zero-order valence-electron chi connectivity index (χ0n) is 21.3. The van der Waals surface area contributed by atoms with Crippen molar-refractivity contribution in [1.82, 2.24) is 24.7 Å². The standard InChI is InChI=1S/C24H28N6O6S/c1-14-12-25-22(26-13-14)24(4,31)16(3)37(32,33)29-23-28-27-21(19-11-10-15(2)36-19)30(23)20-17(34-5)8-7-9-18(20)35-6/h7-13,16,31H,1-6H3,(H,28,29)/t16-,24-/m0/s1. The average Bonchev–Trinajstić information content (AvgIpc) is 3.48. The van der Waals surface area contributed by atoms with Gasteiger partial charge in [-0.2, -0.15) is 0 Å². The lowest BCUT2D eigenvalue weighted by Gasteiger charge is -2.28.